The van der Waals surface area contributed by atoms with Crippen LogP contribution in [0.1, 0.15) is 37.6 Å². The number of halogens is 2. The third-order valence-corrected chi connectivity index (χ3v) is 4.79. The van der Waals surface area contributed by atoms with Gasteiger partial charge in [0.1, 0.15) is 5.82 Å². The van der Waals surface area contributed by atoms with Crippen LogP contribution in [0, 0.1) is 11.6 Å². The van der Waals surface area contributed by atoms with Gasteiger partial charge in [-0.15, -0.1) is 0 Å². The molecule has 0 saturated heterocycles. The van der Waals surface area contributed by atoms with Gasteiger partial charge in [-0.25, -0.2) is 23.7 Å². The van der Waals surface area contributed by atoms with Crippen LogP contribution >= 0.6 is 0 Å². The zero-order valence-corrected chi connectivity index (χ0v) is 15.4. The van der Waals surface area contributed by atoms with E-state index in [-0.39, 0.29) is 12.1 Å². The van der Waals surface area contributed by atoms with E-state index in [1.165, 1.54) is 12.1 Å². The third kappa shape index (κ3) is 3.26. The minimum Gasteiger partial charge on any atom is -0.319 e. The van der Waals surface area contributed by atoms with Gasteiger partial charge in [-0.05, 0) is 24.1 Å². The molecule has 0 unspecified atom stereocenters. The quantitative estimate of drug-likeness (QED) is 0.515. The normalized spacial score (nSPS) is 11.5. The van der Waals surface area contributed by atoms with E-state index in [9.17, 15) is 13.6 Å². The van der Waals surface area contributed by atoms with Gasteiger partial charge in [0.15, 0.2) is 22.9 Å². The first-order chi connectivity index (χ1) is 13.6. The lowest BCUT2D eigenvalue weighted by atomic mass is 10.1. The van der Waals surface area contributed by atoms with E-state index in [0.29, 0.717) is 22.2 Å². The molecule has 1 aromatic carbocycles. The highest BCUT2D eigenvalue weighted by atomic mass is 19.2. The maximum absolute atomic E-state index is 14.2. The number of aryl methyl sites for hydroxylation is 1. The Bertz CT molecular complexity index is 1210. The molecule has 0 amide bonds. The molecular formula is C20H19F2N5O. The smallest absolute Gasteiger partial charge is 0.248 e. The molecule has 0 aliphatic carbocycles. The Morgan fingerprint density at radius 3 is 2.79 bits per heavy atom. The lowest BCUT2D eigenvalue weighted by Crippen LogP contribution is -2.12. The molecule has 0 atom stereocenters. The van der Waals surface area contributed by atoms with Crippen molar-refractivity contribution >= 4 is 22.2 Å². The summed E-state index contributed by atoms with van der Waals surface area (Å²) in [6.45, 7) is 2.39. The number of fused-ring (bicyclic) bond motifs is 2. The number of hydrogen-bond acceptors (Lipinski definition) is 4. The van der Waals surface area contributed by atoms with Gasteiger partial charge in [-0.1, -0.05) is 19.8 Å². The fraction of sp³-hybridized carbons (Fsp3) is 0.300. The Morgan fingerprint density at radius 2 is 1.96 bits per heavy atom. The van der Waals surface area contributed by atoms with Gasteiger partial charge >= 0.3 is 0 Å². The zero-order valence-electron chi connectivity index (χ0n) is 15.4. The summed E-state index contributed by atoms with van der Waals surface area (Å²) in [5.74, 6) is -1.25. The van der Waals surface area contributed by atoms with E-state index >= 15 is 0 Å². The number of imidazole rings is 1. The summed E-state index contributed by atoms with van der Waals surface area (Å²) in [6, 6.07) is 3.94. The van der Waals surface area contributed by atoms with E-state index < -0.39 is 17.2 Å². The van der Waals surface area contributed by atoms with Gasteiger partial charge in [0.05, 0.1) is 12.1 Å². The molecule has 0 aliphatic rings. The van der Waals surface area contributed by atoms with E-state index in [4.69, 9.17) is 0 Å². The molecule has 4 rings (SSSR count). The van der Waals surface area contributed by atoms with Crippen molar-refractivity contribution in [1.82, 2.24) is 24.5 Å². The molecule has 1 N–H and O–H groups in total. The minimum absolute atomic E-state index is 0.134. The number of unbranched alkanes of at least 4 members (excludes halogenated alkanes) is 2. The molecule has 3 heterocycles. The van der Waals surface area contributed by atoms with Gasteiger partial charge in [0, 0.05) is 30.3 Å². The first-order valence-electron chi connectivity index (χ1n) is 9.24. The second-order valence-corrected chi connectivity index (χ2v) is 6.72. The van der Waals surface area contributed by atoms with Crippen molar-refractivity contribution in [2.24, 2.45) is 0 Å². The van der Waals surface area contributed by atoms with Crippen molar-refractivity contribution in [2.75, 3.05) is 0 Å². The number of nitrogens with one attached hydrogen (secondary N) is 1. The van der Waals surface area contributed by atoms with Crippen LogP contribution in [0.4, 0.5) is 8.78 Å². The van der Waals surface area contributed by atoms with Crippen LogP contribution in [0.5, 0.6) is 0 Å². The maximum Gasteiger partial charge on any atom is 0.248 e. The summed E-state index contributed by atoms with van der Waals surface area (Å²) in [6.07, 6.45) is 7.03. The summed E-state index contributed by atoms with van der Waals surface area (Å²) in [4.78, 5) is 27.7. The fourth-order valence-corrected chi connectivity index (χ4v) is 3.42. The van der Waals surface area contributed by atoms with Crippen LogP contribution in [0.3, 0.4) is 0 Å². The molecule has 0 saturated carbocycles. The molecule has 0 bridgehead atoms. The maximum atomic E-state index is 14.2. The highest BCUT2D eigenvalue weighted by Crippen LogP contribution is 2.23. The Morgan fingerprint density at radius 1 is 1.14 bits per heavy atom. The highest BCUT2D eigenvalue weighted by Gasteiger charge is 2.16. The molecule has 144 valence electrons. The van der Waals surface area contributed by atoms with Crippen LogP contribution < -0.4 is 5.56 Å². The highest BCUT2D eigenvalue weighted by molar-refractivity contribution is 5.82. The summed E-state index contributed by atoms with van der Waals surface area (Å²) in [5, 5.41) is 0.448. The van der Waals surface area contributed by atoms with E-state index in [2.05, 4.69) is 26.9 Å². The first-order valence-corrected chi connectivity index (χ1v) is 9.24. The van der Waals surface area contributed by atoms with Crippen molar-refractivity contribution in [3.63, 3.8) is 0 Å². The molecular weight excluding hydrogens is 364 g/mol. The van der Waals surface area contributed by atoms with Crippen LogP contribution in [-0.4, -0.2) is 24.5 Å². The van der Waals surface area contributed by atoms with Gasteiger partial charge in [-0.2, -0.15) is 0 Å². The van der Waals surface area contributed by atoms with Crippen LogP contribution in [-0.2, 0) is 13.0 Å². The second kappa shape index (κ2) is 7.46. The molecule has 0 fully saturated rings. The number of aromatic amines is 1. The predicted octanol–water partition coefficient (Wildman–Crippen LogP) is 3.73. The number of rotatable bonds is 6. The average molecular weight is 383 g/mol. The number of hydrogen-bond donors (Lipinski definition) is 1. The molecule has 4 aromatic rings. The standard InChI is InChI=1S/C20H19F2N5O/c1-2-3-4-5-15-25-19-20(24-9-8-23-19)27(15)11-12-10-16(28)26-18-13(12)6-7-14(21)17(18)22/h6-10H,2-5,11H2,1H3,(H,26,28). The molecule has 3 aromatic heterocycles. The number of pyridine rings is 1. The van der Waals surface area contributed by atoms with Crippen molar-refractivity contribution in [1.29, 1.82) is 0 Å². The van der Waals surface area contributed by atoms with Crippen LogP contribution in [0.15, 0.2) is 35.4 Å². The van der Waals surface area contributed by atoms with Gasteiger partial charge < -0.3 is 9.55 Å². The Labute approximate surface area is 159 Å². The van der Waals surface area contributed by atoms with E-state index in [1.54, 1.807) is 12.4 Å². The predicted molar refractivity (Wildman–Crippen MR) is 102 cm³/mol. The average Bonchev–Trinajstić information content (AvgIpc) is 3.03. The number of H-pyrrole nitrogens is 1. The second-order valence-electron chi connectivity index (χ2n) is 6.72. The SMILES string of the molecule is CCCCCc1nc2nccnc2n1Cc1cc(=O)[nH]c2c(F)c(F)ccc12. The Kier molecular flexibility index (Phi) is 4.85. The number of nitrogens with zero attached hydrogens (tertiary/aromatic N) is 4. The lowest BCUT2D eigenvalue weighted by molar-refractivity contribution is 0.515. The molecule has 8 heteroatoms. The number of benzene rings is 1. The summed E-state index contributed by atoms with van der Waals surface area (Å²) >= 11 is 0. The van der Waals surface area contributed by atoms with Crippen molar-refractivity contribution < 1.29 is 8.78 Å². The van der Waals surface area contributed by atoms with Gasteiger partial charge in [-0.3, -0.25) is 4.79 Å². The first kappa shape index (κ1) is 18.2. The molecule has 6 nitrogen and oxygen atoms in total. The van der Waals surface area contributed by atoms with Gasteiger partial charge in [0.25, 0.3) is 0 Å². The molecule has 0 aliphatic heterocycles. The molecule has 0 radical (unpaired) electrons. The van der Waals surface area contributed by atoms with Gasteiger partial charge in [0.2, 0.25) is 5.56 Å². The van der Waals surface area contributed by atoms with Crippen LogP contribution in [0.25, 0.3) is 22.2 Å². The lowest BCUT2D eigenvalue weighted by Gasteiger charge is -2.11. The summed E-state index contributed by atoms with van der Waals surface area (Å²) in [5.41, 5.74) is 1.07. The number of aromatic nitrogens is 5. The van der Waals surface area contributed by atoms with Crippen molar-refractivity contribution in [2.45, 2.75) is 39.2 Å². The monoisotopic (exact) mass is 383 g/mol. The molecule has 0 spiro atoms. The third-order valence-electron chi connectivity index (χ3n) is 4.79. The van der Waals surface area contributed by atoms with Crippen molar-refractivity contribution in [3.8, 4) is 0 Å². The zero-order chi connectivity index (χ0) is 19.7. The Balaban J connectivity index is 1.85. The largest absolute Gasteiger partial charge is 0.319 e. The topological polar surface area (TPSA) is 76.5 Å². The fourth-order valence-electron chi connectivity index (χ4n) is 3.42. The van der Waals surface area contributed by atoms with Crippen molar-refractivity contribution in [3.05, 3.63) is 64.0 Å². The molecule has 28 heavy (non-hydrogen) atoms. The van der Waals surface area contributed by atoms with E-state index in [1.807, 2.05) is 4.57 Å². The Hall–Kier alpha value is -3.16. The van der Waals surface area contributed by atoms with E-state index in [0.717, 1.165) is 37.6 Å². The van der Waals surface area contributed by atoms with Crippen LogP contribution in [0.2, 0.25) is 0 Å². The summed E-state index contributed by atoms with van der Waals surface area (Å²) in [7, 11) is 0. The minimum atomic E-state index is -1.06. The summed E-state index contributed by atoms with van der Waals surface area (Å²) < 4.78 is 29.7.